The average Bonchev–Trinajstić information content (AvgIpc) is 2.73. The number of carbonyl (C=O) groups is 2. The third kappa shape index (κ3) is 3.07. The van der Waals surface area contributed by atoms with Crippen molar-refractivity contribution in [2.24, 2.45) is 7.05 Å². The van der Waals surface area contributed by atoms with Crippen LogP contribution in [0.2, 0.25) is 5.02 Å². The average molecular weight is 295 g/mol. The third-order valence-electron chi connectivity index (χ3n) is 2.49. The van der Waals surface area contributed by atoms with Gasteiger partial charge in [-0.05, 0) is 24.3 Å². The summed E-state index contributed by atoms with van der Waals surface area (Å²) in [6, 6.07) is 5.95. The second kappa shape index (κ2) is 5.62. The number of aromatic carboxylic acids is 1. The molecule has 0 spiro atoms. The van der Waals surface area contributed by atoms with Crippen molar-refractivity contribution >= 4 is 35.0 Å². The predicted molar refractivity (Wildman–Crippen MR) is 74.3 cm³/mol. The second-order valence-corrected chi connectivity index (χ2v) is 4.36. The number of benzene rings is 1. The third-order valence-corrected chi connectivity index (χ3v) is 2.74. The molecule has 0 unspecified atom stereocenters. The molecule has 0 fully saturated rings. The minimum Gasteiger partial charge on any atom is -0.476 e. The minimum absolute atomic E-state index is 0.101. The maximum atomic E-state index is 11.8. The molecule has 3 N–H and O–H groups in total. The van der Waals surface area contributed by atoms with Crippen LogP contribution in [-0.4, -0.2) is 26.9 Å². The molecule has 0 aliphatic rings. The summed E-state index contributed by atoms with van der Waals surface area (Å²) >= 11 is 5.73. The summed E-state index contributed by atoms with van der Waals surface area (Å²) in [6.45, 7) is 0. The number of amides is 2. The number of hydrogen-bond donors (Lipinski definition) is 3. The van der Waals surface area contributed by atoms with Crippen molar-refractivity contribution in [3.8, 4) is 0 Å². The van der Waals surface area contributed by atoms with Crippen molar-refractivity contribution in [2.45, 2.75) is 0 Å². The van der Waals surface area contributed by atoms with E-state index in [2.05, 4.69) is 15.7 Å². The highest BCUT2D eigenvalue weighted by atomic mass is 35.5. The first-order chi connectivity index (χ1) is 9.47. The van der Waals surface area contributed by atoms with E-state index in [1.165, 1.54) is 17.9 Å². The number of nitrogens with zero attached hydrogens (tertiary/aromatic N) is 2. The first-order valence-electron chi connectivity index (χ1n) is 5.56. The van der Waals surface area contributed by atoms with Crippen LogP contribution in [-0.2, 0) is 7.05 Å². The van der Waals surface area contributed by atoms with Crippen LogP contribution in [0.15, 0.2) is 30.5 Å². The lowest BCUT2D eigenvalue weighted by Crippen LogP contribution is -2.21. The molecule has 2 aromatic rings. The van der Waals surface area contributed by atoms with Crippen molar-refractivity contribution < 1.29 is 14.7 Å². The van der Waals surface area contributed by atoms with E-state index in [1.54, 1.807) is 24.3 Å². The summed E-state index contributed by atoms with van der Waals surface area (Å²) in [5, 5.41) is 18.3. The van der Waals surface area contributed by atoms with Crippen molar-refractivity contribution in [1.29, 1.82) is 0 Å². The lowest BCUT2D eigenvalue weighted by Gasteiger charge is -2.07. The first-order valence-corrected chi connectivity index (χ1v) is 5.94. The molecule has 1 aromatic heterocycles. The van der Waals surface area contributed by atoms with Crippen LogP contribution in [0.1, 0.15) is 10.5 Å². The maximum Gasteiger partial charge on any atom is 0.356 e. The fraction of sp³-hybridized carbons (Fsp3) is 0.0833. The molecule has 1 aromatic carbocycles. The number of nitrogens with one attached hydrogen (secondary N) is 2. The minimum atomic E-state index is -1.17. The monoisotopic (exact) mass is 294 g/mol. The Morgan fingerprint density at radius 3 is 2.50 bits per heavy atom. The number of urea groups is 1. The van der Waals surface area contributed by atoms with E-state index in [1.807, 2.05) is 0 Å². The second-order valence-electron chi connectivity index (χ2n) is 3.92. The molecule has 1 heterocycles. The van der Waals surface area contributed by atoms with Gasteiger partial charge in [-0.3, -0.25) is 4.68 Å². The van der Waals surface area contributed by atoms with E-state index in [0.29, 0.717) is 10.7 Å². The SMILES string of the molecule is Cn1ncc(NC(=O)Nc2ccc(Cl)cc2)c1C(=O)O. The predicted octanol–water partition coefficient (Wildman–Crippen LogP) is 2.42. The Morgan fingerprint density at radius 2 is 1.90 bits per heavy atom. The number of anilines is 2. The molecule has 0 radical (unpaired) electrons. The summed E-state index contributed by atoms with van der Waals surface area (Å²) in [6.07, 6.45) is 1.27. The zero-order chi connectivity index (χ0) is 14.7. The van der Waals surface area contributed by atoms with Crippen LogP contribution in [0, 0.1) is 0 Å². The summed E-state index contributed by atoms with van der Waals surface area (Å²) < 4.78 is 1.17. The fourth-order valence-corrected chi connectivity index (χ4v) is 1.73. The highest BCUT2D eigenvalue weighted by Gasteiger charge is 2.17. The molecule has 104 valence electrons. The maximum absolute atomic E-state index is 11.8. The number of hydrogen-bond acceptors (Lipinski definition) is 3. The summed E-state index contributed by atoms with van der Waals surface area (Å²) in [4.78, 5) is 22.8. The number of halogens is 1. The topological polar surface area (TPSA) is 96.3 Å². The van der Waals surface area contributed by atoms with E-state index in [-0.39, 0.29) is 11.4 Å². The number of rotatable bonds is 3. The largest absolute Gasteiger partial charge is 0.476 e. The lowest BCUT2D eigenvalue weighted by molar-refractivity contribution is 0.0686. The smallest absolute Gasteiger partial charge is 0.356 e. The van der Waals surface area contributed by atoms with Gasteiger partial charge in [-0.2, -0.15) is 5.10 Å². The van der Waals surface area contributed by atoms with Gasteiger partial charge in [-0.1, -0.05) is 11.6 Å². The molecule has 7 nitrogen and oxygen atoms in total. The van der Waals surface area contributed by atoms with Gasteiger partial charge in [0.25, 0.3) is 0 Å². The Labute approximate surface area is 119 Å². The highest BCUT2D eigenvalue weighted by Crippen LogP contribution is 2.16. The van der Waals surface area contributed by atoms with Crippen LogP contribution in [0.25, 0.3) is 0 Å². The van der Waals surface area contributed by atoms with E-state index >= 15 is 0 Å². The van der Waals surface area contributed by atoms with Gasteiger partial charge in [0.15, 0.2) is 5.69 Å². The van der Waals surface area contributed by atoms with Crippen LogP contribution < -0.4 is 10.6 Å². The molecule has 0 atom stereocenters. The van der Waals surface area contributed by atoms with E-state index in [0.717, 1.165) is 0 Å². The molecule has 0 saturated heterocycles. The van der Waals surface area contributed by atoms with Crippen LogP contribution in [0.4, 0.5) is 16.2 Å². The van der Waals surface area contributed by atoms with Gasteiger partial charge in [0.1, 0.15) is 0 Å². The molecule has 2 rings (SSSR count). The quantitative estimate of drug-likeness (QED) is 0.810. The number of aromatic nitrogens is 2. The molecule has 8 heteroatoms. The van der Waals surface area contributed by atoms with Gasteiger partial charge in [0.05, 0.1) is 11.9 Å². The van der Waals surface area contributed by atoms with E-state index in [4.69, 9.17) is 16.7 Å². The van der Waals surface area contributed by atoms with E-state index < -0.39 is 12.0 Å². The fourth-order valence-electron chi connectivity index (χ4n) is 1.60. The number of aryl methyl sites for hydroxylation is 1. The Kier molecular flexibility index (Phi) is 3.90. The number of carboxylic acid groups (broad SMARTS) is 1. The standard InChI is InChI=1S/C12H11ClN4O3/c1-17-10(11(18)19)9(6-14-17)16-12(20)15-8-4-2-7(13)3-5-8/h2-6H,1H3,(H,18,19)(H2,15,16,20). The lowest BCUT2D eigenvalue weighted by atomic mass is 10.3. The van der Waals surface area contributed by atoms with Crippen molar-refractivity contribution in [2.75, 3.05) is 10.6 Å². The van der Waals surface area contributed by atoms with Gasteiger partial charge >= 0.3 is 12.0 Å². The van der Waals surface area contributed by atoms with Crippen LogP contribution >= 0.6 is 11.6 Å². The zero-order valence-corrected chi connectivity index (χ0v) is 11.2. The number of carbonyl (C=O) groups excluding carboxylic acids is 1. The molecular formula is C12H11ClN4O3. The highest BCUT2D eigenvalue weighted by molar-refractivity contribution is 6.30. The zero-order valence-electron chi connectivity index (χ0n) is 10.4. The Balaban J connectivity index is 2.09. The molecule has 20 heavy (non-hydrogen) atoms. The van der Waals surface area contributed by atoms with Crippen LogP contribution in [0.3, 0.4) is 0 Å². The van der Waals surface area contributed by atoms with Gasteiger partial charge in [-0.15, -0.1) is 0 Å². The van der Waals surface area contributed by atoms with Crippen molar-refractivity contribution in [3.05, 3.63) is 41.2 Å². The molecular weight excluding hydrogens is 284 g/mol. The van der Waals surface area contributed by atoms with E-state index in [9.17, 15) is 9.59 Å². The molecule has 2 amide bonds. The normalized spacial score (nSPS) is 10.1. The number of carboxylic acids is 1. The molecule has 0 aliphatic heterocycles. The summed E-state index contributed by atoms with van der Waals surface area (Å²) in [5.41, 5.74) is 0.551. The van der Waals surface area contributed by atoms with Gasteiger partial charge < -0.3 is 15.7 Å². The summed E-state index contributed by atoms with van der Waals surface area (Å²) in [5.74, 6) is -1.17. The Hall–Kier alpha value is -2.54. The first kappa shape index (κ1) is 13.9. The molecule has 0 bridgehead atoms. The van der Waals surface area contributed by atoms with Crippen molar-refractivity contribution in [3.63, 3.8) is 0 Å². The molecule has 0 saturated carbocycles. The van der Waals surface area contributed by atoms with Crippen molar-refractivity contribution in [1.82, 2.24) is 9.78 Å². The Morgan fingerprint density at radius 1 is 1.25 bits per heavy atom. The van der Waals surface area contributed by atoms with Crippen LogP contribution in [0.5, 0.6) is 0 Å². The van der Waals surface area contributed by atoms with Gasteiger partial charge in [0, 0.05) is 17.8 Å². The molecule has 0 aliphatic carbocycles. The summed E-state index contributed by atoms with van der Waals surface area (Å²) in [7, 11) is 1.48. The van der Waals surface area contributed by atoms with Gasteiger partial charge in [0.2, 0.25) is 0 Å². The Bertz CT molecular complexity index is 651. The van der Waals surface area contributed by atoms with Gasteiger partial charge in [-0.25, -0.2) is 9.59 Å².